The minimum absolute atomic E-state index is 0.153. The fraction of sp³-hybridized carbons (Fsp3) is 0.286. The molecule has 3 aromatic rings. The van der Waals surface area contributed by atoms with Gasteiger partial charge in [-0.2, -0.15) is 0 Å². The number of amides is 1. The molecule has 1 fully saturated rings. The molecule has 0 bridgehead atoms. The van der Waals surface area contributed by atoms with Crippen molar-refractivity contribution < 1.29 is 18.7 Å². The van der Waals surface area contributed by atoms with Gasteiger partial charge in [0, 0.05) is 22.7 Å². The van der Waals surface area contributed by atoms with Gasteiger partial charge in [0.05, 0.1) is 6.04 Å². The van der Waals surface area contributed by atoms with E-state index in [0.717, 1.165) is 38.1 Å². The van der Waals surface area contributed by atoms with E-state index < -0.39 is 23.6 Å². The molecule has 0 aliphatic carbocycles. The first-order valence-corrected chi connectivity index (χ1v) is 11.5. The molecular weight excluding hydrogens is 448 g/mol. The van der Waals surface area contributed by atoms with Gasteiger partial charge in [-0.05, 0) is 87.9 Å². The fourth-order valence-electron chi connectivity index (χ4n) is 4.15. The summed E-state index contributed by atoms with van der Waals surface area (Å²) in [6, 6.07) is 11.5. The topological polar surface area (TPSA) is 65.5 Å². The summed E-state index contributed by atoms with van der Waals surface area (Å²) in [5.41, 5.74) is 2.11. The van der Waals surface area contributed by atoms with Crippen LogP contribution in [0.15, 0.2) is 54.6 Å². The minimum atomic E-state index is -0.921. The number of rotatable bonds is 4. The average Bonchev–Trinajstić information content (AvgIpc) is 2.84. The zero-order valence-corrected chi connectivity index (χ0v) is 19.7. The number of aromatic hydroxyl groups is 1. The lowest BCUT2D eigenvalue weighted by Gasteiger charge is -2.25. The van der Waals surface area contributed by atoms with Gasteiger partial charge in [0.25, 0.3) is 5.91 Å². The minimum Gasteiger partial charge on any atom is -0.508 e. The first-order chi connectivity index (χ1) is 16.8. The molecule has 1 atom stereocenters. The molecule has 1 amide bonds. The highest BCUT2D eigenvalue weighted by Gasteiger charge is 2.23. The van der Waals surface area contributed by atoms with Gasteiger partial charge >= 0.3 is 0 Å². The molecule has 0 unspecified atom stereocenters. The molecule has 2 heterocycles. The largest absolute Gasteiger partial charge is 0.508 e. The number of phenolic OH excluding ortho intramolecular Hbond substituents is 1. The van der Waals surface area contributed by atoms with Gasteiger partial charge in [-0.1, -0.05) is 24.0 Å². The number of aryl methyl sites for hydroxylation is 1. The van der Waals surface area contributed by atoms with Crippen molar-refractivity contribution in [3.63, 3.8) is 0 Å². The standard InChI is InChI=1S/C28H27F2N3O2/c1-18-15-20(4-3-19-11-13-33(2)14-12-19)16-25(31-18)28(35)32-27(21-5-7-22(29)8-6-21)24-17-23(30)9-10-26(24)34/h5-10,15-17,19,27,34H,11-14H2,1-2H3,(H,32,35)/t27-/m1/s1. The number of phenols is 1. The van der Waals surface area contributed by atoms with Crippen molar-refractivity contribution in [1.82, 2.24) is 15.2 Å². The molecule has 4 rings (SSSR count). The molecular formula is C28H27F2N3O2. The third kappa shape index (κ3) is 6.23. The van der Waals surface area contributed by atoms with Gasteiger partial charge in [-0.25, -0.2) is 13.8 Å². The van der Waals surface area contributed by atoms with Crippen LogP contribution in [-0.2, 0) is 0 Å². The van der Waals surface area contributed by atoms with Crippen molar-refractivity contribution in [3.05, 3.63) is 94.3 Å². The summed E-state index contributed by atoms with van der Waals surface area (Å²) in [5.74, 6) is 5.09. The molecule has 2 aromatic carbocycles. The molecule has 0 radical (unpaired) electrons. The summed E-state index contributed by atoms with van der Waals surface area (Å²) < 4.78 is 27.5. The van der Waals surface area contributed by atoms with Gasteiger partial charge in [0.1, 0.15) is 23.1 Å². The number of hydrogen-bond acceptors (Lipinski definition) is 4. The number of piperidine rings is 1. The molecule has 1 aromatic heterocycles. The zero-order valence-electron chi connectivity index (χ0n) is 19.7. The lowest BCUT2D eigenvalue weighted by molar-refractivity contribution is 0.0937. The second kappa shape index (κ2) is 10.7. The van der Waals surface area contributed by atoms with Crippen LogP contribution in [0.2, 0.25) is 0 Å². The molecule has 1 aliphatic heterocycles. The van der Waals surface area contributed by atoms with Gasteiger partial charge in [-0.3, -0.25) is 4.79 Å². The highest BCUT2D eigenvalue weighted by atomic mass is 19.1. The van der Waals surface area contributed by atoms with Crippen molar-refractivity contribution in [2.45, 2.75) is 25.8 Å². The Labute approximate surface area is 203 Å². The number of hydrogen-bond donors (Lipinski definition) is 2. The van der Waals surface area contributed by atoms with Crippen LogP contribution < -0.4 is 5.32 Å². The maximum atomic E-state index is 14.0. The number of halogens is 2. The fourth-order valence-corrected chi connectivity index (χ4v) is 4.15. The molecule has 180 valence electrons. The van der Waals surface area contributed by atoms with Crippen molar-refractivity contribution in [3.8, 4) is 17.6 Å². The van der Waals surface area contributed by atoms with E-state index in [1.165, 1.54) is 30.3 Å². The van der Waals surface area contributed by atoms with Crippen LogP contribution in [0.25, 0.3) is 0 Å². The van der Waals surface area contributed by atoms with E-state index in [4.69, 9.17) is 0 Å². The number of benzene rings is 2. The van der Waals surface area contributed by atoms with Gasteiger partial charge in [-0.15, -0.1) is 0 Å². The van der Waals surface area contributed by atoms with E-state index in [1.807, 2.05) is 6.07 Å². The van der Waals surface area contributed by atoms with Crippen molar-refractivity contribution >= 4 is 5.91 Å². The van der Waals surface area contributed by atoms with E-state index >= 15 is 0 Å². The second-order valence-electron chi connectivity index (χ2n) is 8.89. The number of nitrogens with one attached hydrogen (secondary N) is 1. The van der Waals surface area contributed by atoms with Gasteiger partial charge in [0.15, 0.2) is 0 Å². The van der Waals surface area contributed by atoms with Crippen molar-refractivity contribution in [2.24, 2.45) is 5.92 Å². The van der Waals surface area contributed by atoms with Gasteiger partial charge < -0.3 is 15.3 Å². The average molecular weight is 476 g/mol. The van der Waals surface area contributed by atoms with Crippen molar-refractivity contribution in [2.75, 3.05) is 20.1 Å². The molecule has 5 nitrogen and oxygen atoms in total. The smallest absolute Gasteiger partial charge is 0.270 e. The molecule has 35 heavy (non-hydrogen) atoms. The Bertz CT molecular complexity index is 1270. The quantitative estimate of drug-likeness (QED) is 0.542. The van der Waals surface area contributed by atoms with Crippen LogP contribution in [0.1, 0.15) is 51.8 Å². The summed E-state index contributed by atoms with van der Waals surface area (Å²) in [5, 5.41) is 13.2. The first kappa shape index (κ1) is 24.4. The second-order valence-corrected chi connectivity index (χ2v) is 8.89. The van der Waals surface area contributed by atoms with Crippen molar-refractivity contribution in [1.29, 1.82) is 0 Å². The van der Waals surface area contributed by atoms with Gasteiger partial charge in [0.2, 0.25) is 0 Å². The Morgan fingerprint density at radius 3 is 2.49 bits per heavy atom. The molecule has 7 heteroatoms. The molecule has 0 spiro atoms. The van der Waals surface area contributed by atoms with Crippen LogP contribution in [0.3, 0.4) is 0 Å². The van der Waals surface area contributed by atoms with Crippen LogP contribution >= 0.6 is 0 Å². The van der Waals surface area contributed by atoms with E-state index in [-0.39, 0.29) is 17.0 Å². The zero-order chi connectivity index (χ0) is 24.9. The first-order valence-electron chi connectivity index (χ1n) is 11.5. The Balaban J connectivity index is 1.62. The number of likely N-dealkylation sites (tertiary alicyclic amines) is 1. The third-order valence-electron chi connectivity index (χ3n) is 6.10. The van der Waals surface area contributed by atoms with Crippen LogP contribution in [0.4, 0.5) is 8.78 Å². The number of nitrogens with zero attached hydrogens (tertiary/aromatic N) is 2. The Morgan fingerprint density at radius 2 is 1.77 bits per heavy atom. The maximum Gasteiger partial charge on any atom is 0.270 e. The highest BCUT2D eigenvalue weighted by molar-refractivity contribution is 5.93. The number of carbonyl (C=O) groups is 1. The maximum absolute atomic E-state index is 14.0. The summed E-state index contributed by atoms with van der Waals surface area (Å²) in [7, 11) is 2.10. The summed E-state index contributed by atoms with van der Waals surface area (Å²) in [6.45, 7) is 3.81. The SMILES string of the molecule is Cc1cc(C#CC2CCN(C)CC2)cc(C(=O)N[C@H](c2ccc(F)cc2)c2cc(F)ccc2O)n1. The summed E-state index contributed by atoms with van der Waals surface area (Å²) in [6.07, 6.45) is 2.02. The molecule has 2 N–H and O–H groups in total. The number of pyridine rings is 1. The Hall–Kier alpha value is -3.76. The summed E-state index contributed by atoms with van der Waals surface area (Å²) >= 11 is 0. The normalized spacial score (nSPS) is 15.2. The number of aromatic nitrogens is 1. The van der Waals surface area contributed by atoms with Crippen LogP contribution in [-0.4, -0.2) is 41.0 Å². The Kier molecular flexibility index (Phi) is 7.42. The monoisotopic (exact) mass is 475 g/mol. The third-order valence-corrected chi connectivity index (χ3v) is 6.10. The van der Waals surface area contributed by atoms with Crippen LogP contribution in [0.5, 0.6) is 5.75 Å². The predicted octanol–water partition coefficient (Wildman–Crippen LogP) is 4.59. The predicted molar refractivity (Wildman–Crippen MR) is 130 cm³/mol. The van der Waals surface area contributed by atoms with E-state index in [2.05, 4.69) is 34.1 Å². The van der Waals surface area contributed by atoms with Crippen LogP contribution in [0, 0.1) is 36.3 Å². The number of carbonyl (C=O) groups excluding carboxylic acids is 1. The van der Waals surface area contributed by atoms with E-state index in [9.17, 15) is 18.7 Å². The Morgan fingerprint density at radius 1 is 1.09 bits per heavy atom. The summed E-state index contributed by atoms with van der Waals surface area (Å²) in [4.78, 5) is 19.9. The van der Waals surface area contributed by atoms with E-state index in [1.54, 1.807) is 13.0 Å². The lowest BCUT2D eigenvalue weighted by Crippen LogP contribution is -2.30. The molecule has 1 saturated heterocycles. The highest BCUT2D eigenvalue weighted by Crippen LogP contribution is 2.30. The molecule has 0 saturated carbocycles. The lowest BCUT2D eigenvalue weighted by atomic mass is 9.97. The molecule has 1 aliphatic rings. The van der Waals surface area contributed by atoms with E-state index in [0.29, 0.717) is 22.7 Å².